The molecule has 3 heteroatoms. The molecule has 0 saturated carbocycles. The topological polar surface area (TPSA) is 38.0 Å². The molecule has 0 amide bonds. The van der Waals surface area contributed by atoms with Crippen molar-refractivity contribution in [1.82, 2.24) is 9.55 Å². The summed E-state index contributed by atoms with van der Waals surface area (Å²) in [5, 5.41) is 9.21. The molecule has 2 rings (SSSR count). The monoisotopic (exact) mass is 124 g/mol. The van der Waals surface area contributed by atoms with Crippen LogP contribution in [0.3, 0.4) is 0 Å². The molecule has 3 nitrogen and oxygen atoms in total. The van der Waals surface area contributed by atoms with Gasteiger partial charge in [-0.2, -0.15) is 0 Å². The van der Waals surface area contributed by atoms with E-state index in [-0.39, 0.29) is 6.10 Å². The van der Waals surface area contributed by atoms with Gasteiger partial charge in [0, 0.05) is 6.54 Å². The molecular formula is C6H8N2O. The summed E-state index contributed by atoms with van der Waals surface area (Å²) in [6, 6.07) is 0. The van der Waals surface area contributed by atoms with Crippen LogP contribution < -0.4 is 0 Å². The molecule has 2 heterocycles. The minimum absolute atomic E-state index is 0.271. The van der Waals surface area contributed by atoms with Gasteiger partial charge in [0.2, 0.25) is 0 Å². The van der Waals surface area contributed by atoms with Gasteiger partial charge in [-0.15, -0.1) is 0 Å². The Morgan fingerprint density at radius 1 is 1.78 bits per heavy atom. The molecule has 1 atom stereocenters. The molecule has 48 valence electrons. The predicted octanol–water partition coefficient (Wildman–Crippen LogP) is 0.320. The van der Waals surface area contributed by atoms with Gasteiger partial charge in [0.25, 0.3) is 0 Å². The normalized spacial score (nSPS) is 24.3. The van der Waals surface area contributed by atoms with Crippen molar-refractivity contribution in [2.45, 2.75) is 19.1 Å². The molecule has 0 saturated heterocycles. The van der Waals surface area contributed by atoms with Gasteiger partial charge in [0.1, 0.15) is 0 Å². The van der Waals surface area contributed by atoms with E-state index in [1.54, 1.807) is 12.5 Å². The van der Waals surface area contributed by atoms with Crippen molar-refractivity contribution >= 4 is 0 Å². The van der Waals surface area contributed by atoms with Gasteiger partial charge in [0.05, 0.1) is 24.3 Å². The standard InChI is InChI=1S/C6H8N2O/c9-6-1-2-8-4-7-3-5(6)8/h3-4,6,9H,1-2H2. The molecule has 1 N–H and O–H groups in total. The van der Waals surface area contributed by atoms with Gasteiger partial charge in [-0.05, 0) is 6.42 Å². The number of hydrogen-bond donors (Lipinski definition) is 1. The molecular weight excluding hydrogens is 116 g/mol. The quantitative estimate of drug-likeness (QED) is 0.541. The summed E-state index contributed by atoms with van der Waals surface area (Å²) in [6.45, 7) is 0.913. The van der Waals surface area contributed by atoms with Crippen LogP contribution in [0.1, 0.15) is 18.2 Å². The molecule has 0 bridgehead atoms. The number of rotatable bonds is 0. The van der Waals surface area contributed by atoms with Gasteiger partial charge < -0.3 is 9.67 Å². The van der Waals surface area contributed by atoms with E-state index < -0.39 is 0 Å². The largest absolute Gasteiger partial charge is 0.387 e. The van der Waals surface area contributed by atoms with E-state index in [1.807, 2.05) is 4.57 Å². The molecule has 0 spiro atoms. The first-order chi connectivity index (χ1) is 4.38. The van der Waals surface area contributed by atoms with E-state index in [2.05, 4.69) is 4.98 Å². The first-order valence-corrected chi connectivity index (χ1v) is 3.06. The molecule has 1 aromatic heterocycles. The van der Waals surface area contributed by atoms with Crippen LogP contribution in [0.4, 0.5) is 0 Å². The van der Waals surface area contributed by atoms with Crippen LogP contribution in [0.5, 0.6) is 0 Å². The second-order valence-electron chi connectivity index (χ2n) is 2.32. The Morgan fingerprint density at radius 2 is 2.67 bits per heavy atom. The SMILES string of the molecule is OC1CCn2cncc21. The molecule has 9 heavy (non-hydrogen) atoms. The molecule has 1 unspecified atom stereocenters. The smallest absolute Gasteiger partial charge is 0.0972 e. The van der Waals surface area contributed by atoms with Gasteiger partial charge in [-0.1, -0.05) is 0 Å². The van der Waals surface area contributed by atoms with E-state index in [0.29, 0.717) is 0 Å². The highest BCUT2D eigenvalue weighted by molar-refractivity contribution is 5.06. The van der Waals surface area contributed by atoms with E-state index >= 15 is 0 Å². The highest BCUT2D eigenvalue weighted by Gasteiger charge is 2.18. The van der Waals surface area contributed by atoms with E-state index in [9.17, 15) is 5.11 Å². The van der Waals surface area contributed by atoms with Crippen molar-refractivity contribution in [3.63, 3.8) is 0 Å². The van der Waals surface area contributed by atoms with Crippen LogP contribution in [0.15, 0.2) is 12.5 Å². The molecule has 0 aliphatic carbocycles. The molecule has 0 aromatic carbocycles. The second kappa shape index (κ2) is 1.57. The number of aromatic nitrogens is 2. The fraction of sp³-hybridized carbons (Fsp3) is 0.500. The van der Waals surface area contributed by atoms with Crippen molar-refractivity contribution in [2.24, 2.45) is 0 Å². The molecule has 0 fully saturated rings. The number of nitrogens with zero attached hydrogens (tertiary/aromatic N) is 2. The third kappa shape index (κ3) is 0.580. The summed E-state index contributed by atoms with van der Waals surface area (Å²) in [6.07, 6.45) is 4.05. The fourth-order valence-corrected chi connectivity index (χ4v) is 1.20. The minimum atomic E-state index is -0.271. The van der Waals surface area contributed by atoms with Crippen molar-refractivity contribution in [2.75, 3.05) is 0 Å². The number of fused-ring (bicyclic) bond motifs is 1. The maximum atomic E-state index is 9.21. The number of aryl methyl sites for hydroxylation is 1. The van der Waals surface area contributed by atoms with Gasteiger partial charge >= 0.3 is 0 Å². The molecule has 1 aliphatic heterocycles. The highest BCUT2D eigenvalue weighted by Crippen LogP contribution is 2.23. The van der Waals surface area contributed by atoms with Crippen LogP contribution in [0, 0.1) is 0 Å². The number of aliphatic hydroxyl groups excluding tert-OH is 1. The first kappa shape index (κ1) is 4.99. The van der Waals surface area contributed by atoms with Crippen molar-refractivity contribution < 1.29 is 5.11 Å². The zero-order valence-corrected chi connectivity index (χ0v) is 4.99. The average Bonchev–Trinajstić information content (AvgIpc) is 2.35. The summed E-state index contributed by atoms with van der Waals surface area (Å²) >= 11 is 0. The number of aliphatic hydroxyl groups is 1. The van der Waals surface area contributed by atoms with Crippen molar-refractivity contribution in [3.05, 3.63) is 18.2 Å². The lowest BCUT2D eigenvalue weighted by atomic mass is 10.2. The molecule has 0 radical (unpaired) electrons. The third-order valence-electron chi connectivity index (χ3n) is 1.73. The Morgan fingerprint density at radius 3 is 3.44 bits per heavy atom. The number of hydrogen-bond acceptors (Lipinski definition) is 2. The van der Waals surface area contributed by atoms with Gasteiger partial charge in [-0.25, -0.2) is 4.98 Å². The maximum Gasteiger partial charge on any atom is 0.0972 e. The van der Waals surface area contributed by atoms with Crippen LogP contribution in [-0.4, -0.2) is 14.7 Å². The van der Waals surface area contributed by atoms with Crippen LogP contribution in [0.25, 0.3) is 0 Å². The summed E-state index contributed by atoms with van der Waals surface area (Å²) in [5.74, 6) is 0. The Kier molecular flexibility index (Phi) is 0.873. The Hall–Kier alpha value is -0.830. The maximum absolute atomic E-state index is 9.21. The Balaban J connectivity index is 2.49. The summed E-state index contributed by atoms with van der Waals surface area (Å²) < 4.78 is 1.98. The number of imidazole rings is 1. The molecule has 1 aliphatic rings. The Labute approximate surface area is 53.0 Å². The van der Waals surface area contributed by atoms with E-state index in [0.717, 1.165) is 18.7 Å². The average molecular weight is 124 g/mol. The lowest BCUT2D eigenvalue weighted by molar-refractivity contribution is 0.179. The Bertz CT molecular complexity index is 219. The third-order valence-corrected chi connectivity index (χ3v) is 1.73. The summed E-state index contributed by atoms with van der Waals surface area (Å²) in [4.78, 5) is 3.90. The zero-order chi connectivity index (χ0) is 6.27. The van der Waals surface area contributed by atoms with Crippen LogP contribution >= 0.6 is 0 Å². The minimum Gasteiger partial charge on any atom is -0.387 e. The first-order valence-electron chi connectivity index (χ1n) is 3.06. The second-order valence-corrected chi connectivity index (χ2v) is 2.32. The van der Waals surface area contributed by atoms with Gasteiger partial charge in [0.15, 0.2) is 0 Å². The van der Waals surface area contributed by atoms with Crippen LogP contribution in [0.2, 0.25) is 0 Å². The predicted molar refractivity (Wildman–Crippen MR) is 31.8 cm³/mol. The highest BCUT2D eigenvalue weighted by atomic mass is 16.3. The molecule has 1 aromatic rings. The van der Waals surface area contributed by atoms with Crippen molar-refractivity contribution in [3.8, 4) is 0 Å². The van der Waals surface area contributed by atoms with E-state index in [4.69, 9.17) is 0 Å². The lowest BCUT2D eigenvalue weighted by Crippen LogP contribution is -1.89. The van der Waals surface area contributed by atoms with E-state index in [1.165, 1.54) is 0 Å². The summed E-state index contributed by atoms with van der Waals surface area (Å²) in [7, 11) is 0. The van der Waals surface area contributed by atoms with Crippen LogP contribution in [-0.2, 0) is 6.54 Å². The van der Waals surface area contributed by atoms with Gasteiger partial charge in [-0.3, -0.25) is 0 Å². The fourth-order valence-electron chi connectivity index (χ4n) is 1.20. The lowest BCUT2D eigenvalue weighted by Gasteiger charge is -1.94. The van der Waals surface area contributed by atoms with Crippen molar-refractivity contribution in [1.29, 1.82) is 0 Å². The zero-order valence-electron chi connectivity index (χ0n) is 4.99. The summed E-state index contributed by atoms with van der Waals surface area (Å²) in [5.41, 5.74) is 0.954.